The van der Waals surface area contributed by atoms with E-state index in [1.165, 1.54) is 11.1 Å². The topological polar surface area (TPSA) is 60.8 Å². The summed E-state index contributed by atoms with van der Waals surface area (Å²) in [7, 11) is 0. The van der Waals surface area contributed by atoms with Gasteiger partial charge in [0.05, 0.1) is 12.6 Å². The molecular formula is C33H44N4O2. The molecule has 2 aliphatic heterocycles. The van der Waals surface area contributed by atoms with E-state index < -0.39 is 0 Å². The highest BCUT2D eigenvalue weighted by Gasteiger charge is 2.45. The van der Waals surface area contributed by atoms with Gasteiger partial charge in [-0.2, -0.15) is 0 Å². The molecule has 6 heteroatoms. The first kappa shape index (κ1) is 27.5. The minimum absolute atomic E-state index is 0.00448. The third kappa shape index (κ3) is 5.92. The van der Waals surface area contributed by atoms with Crippen LogP contribution in [0.3, 0.4) is 0 Å². The van der Waals surface area contributed by atoms with Crippen LogP contribution in [0.5, 0.6) is 0 Å². The highest BCUT2D eigenvalue weighted by atomic mass is 16.3. The fourth-order valence-electron chi connectivity index (χ4n) is 6.59. The Bertz CT molecular complexity index is 1240. The van der Waals surface area contributed by atoms with Crippen LogP contribution < -0.4 is 10.6 Å². The van der Waals surface area contributed by atoms with Crippen molar-refractivity contribution in [3.05, 3.63) is 88.9 Å². The van der Waals surface area contributed by atoms with Crippen molar-refractivity contribution in [2.24, 2.45) is 5.92 Å². The van der Waals surface area contributed by atoms with E-state index in [4.69, 9.17) is 4.42 Å². The van der Waals surface area contributed by atoms with Crippen LogP contribution in [-0.4, -0.2) is 47.4 Å². The summed E-state index contributed by atoms with van der Waals surface area (Å²) in [5.41, 5.74) is 4.37. The summed E-state index contributed by atoms with van der Waals surface area (Å²) in [6.07, 6.45) is 1.99. The number of amides is 1. The van der Waals surface area contributed by atoms with Gasteiger partial charge in [0, 0.05) is 54.8 Å². The van der Waals surface area contributed by atoms with E-state index in [1.54, 1.807) is 0 Å². The van der Waals surface area contributed by atoms with Gasteiger partial charge in [-0.1, -0.05) is 37.3 Å². The highest BCUT2D eigenvalue weighted by molar-refractivity contribution is 5.95. The van der Waals surface area contributed by atoms with E-state index in [-0.39, 0.29) is 18.0 Å². The third-order valence-electron chi connectivity index (χ3n) is 8.49. The lowest BCUT2D eigenvalue weighted by molar-refractivity contribution is 0.0939. The molecule has 2 N–H and O–H groups in total. The fraction of sp³-hybridized carbons (Fsp3) is 0.485. The molecule has 1 aromatic heterocycles. The Morgan fingerprint density at radius 2 is 1.79 bits per heavy atom. The van der Waals surface area contributed by atoms with Crippen molar-refractivity contribution in [1.82, 2.24) is 15.1 Å². The SMILES string of the molecule is CCc1ccc(CN2CCC3C(c4ccccc4)Nc4ccc(C(=O)NCCN(C(C)C)C(C)C)cc4C32)o1. The van der Waals surface area contributed by atoms with Crippen LogP contribution in [-0.2, 0) is 13.0 Å². The Hall–Kier alpha value is -3.09. The Kier molecular flexibility index (Phi) is 8.43. The lowest BCUT2D eigenvalue weighted by atomic mass is 9.79. The number of benzene rings is 2. The quantitative estimate of drug-likeness (QED) is 0.318. The molecule has 208 valence electrons. The van der Waals surface area contributed by atoms with Crippen LogP contribution >= 0.6 is 0 Å². The zero-order chi connectivity index (χ0) is 27.5. The van der Waals surface area contributed by atoms with Crippen molar-refractivity contribution >= 4 is 11.6 Å². The summed E-state index contributed by atoms with van der Waals surface area (Å²) >= 11 is 0. The molecule has 3 atom stereocenters. The van der Waals surface area contributed by atoms with Crippen LogP contribution in [0.25, 0.3) is 0 Å². The maximum atomic E-state index is 13.3. The van der Waals surface area contributed by atoms with Gasteiger partial charge in [-0.3, -0.25) is 14.6 Å². The minimum Gasteiger partial charge on any atom is -0.465 e. The molecule has 1 fully saturated rings. The van der Waals surface area contributed by atoms with Gasteiger partial charge in [0.25, 0.3) is 5.91 Å². The lowest BCUT2D eigenvalue weighted by Gasteiger charge is -2.40. The molecule has 0 radical (unpaired) electrons. The number of fused-ring (bicyclic) bond motifs is 3. The molecule has 3 aromatic rings. The number of carbonyl (C=O) groups is 1. The van der Waals surface area contributed by atoms with Crippen molar-refractivity contribution in [2.45, 2.75) is 78.2 Å². The largest absolute Gasteiger partial charge is 0.465 e. The lowest BCUT2D eigenvalue weighted by Crippen LogP contribution is -2.42. The molecule has 0 bridgehead atoms. The average Bonchev–Trinajstić information content (AvgIpc) is 3.58. The normalized spacial score (nSPS) is 20.8. The molecule has 1 saturated heterocycles. The van der Waals surface area contributed by atoms with Gasteiger partial charge in [-0.15, -0.1) is 0 Å². The van der Waals surface area contributed by atoms with Gasteiger partial charge in [0.1, 0.15) is 11.5 Å². The van der Waals surface area contributed by atoms with Crippen LogP contribution in [0.2, 0.25) is 0 Å². The first-order valence-electron chi connectivity index (χ1n) is 14.7. The first-order chi connectivity index (χ1) is 18.9. The van der Waals surface area contributed by atoms with Crippen molar-refractivity contribution < 1.29 is 9.21 Å². The number of nitrogens with one attached hydrogen (secondary N) is 2. The second-order valence-corrected chi connectivity index (χ2v) is 11.6. The minimum atomic E-state index is -0.00448. The Morgan fingerprint density at radius 1 is 1.05 bits per heavy atom. The number of hydrogen-bond acceptors (Lipinski definition) is 5. The van der Waals surface area contributed by atoms with Crippen LogP contribution in [0.1, 0.15) is 86.1 Å². The van der Waals surface area contributed by atoms with Gasteiger partial charge < -0.3 is 15.1 Å². The molecular weight excluding hydrogens is 484 g/mol. The van der Waals surface area contributed by atoms with E-state index in [0.717, 1.165) is 55.2 Å². The molecule has 0 spiro atoms. The first-order valence-corrected chi connectivity index (χ1v) is 14.7. The second kappa shape index (κ2) is 12.0. The predicted octanol–water partition coefficient (Wildman–Crippen LogP) is 6.42. The molecule has 6 nitrogen and oxygen atoms in total. The molecule has 3 unspecified atom stereocenters. The average molecular weight is 529 g/mol. The molecule has 2 aromatic carbocycles. The number of nitrogens with zero attached hydrogens (tertiary/aromatic N) is 2. The summed E-state index contributed by atoms with van der Waals surface area (Å²) in [6.45, 7) is 14.2. The predicted molar refractivity (Wildman–Crippen MR) is 158 cm³/mol. The molecule has 5 rings (SSSR count). The summed E-state index contributed by atoms with van der Waals surface area (Å²) in [5.74, 6) is 2.44. The highest BCUT2D eigenvalue weighted by Crippen LogP contribution is 2.51. The Balaban J connectivity index is 1.40. The van der Waals surface area contributed by atoms with E-state index in [1.807, 2.05) is 6.07 Å². The van der Waals surface area contributed by atoms with E-state index >= 15 is 0 Å². The fourth-order valence-corrected chi connectivity index (χ4v) is 6.59. The number of likely N-dealkylation sites (tertiary alicyclic amines) is 1. The van der Waals surface area contributed by atoms with Crippen LogP contribution in [0, 0.1) is 5.92 Å². The summed E-state index contributed by atoms with van der Waals surface area (Å²) in [5, 5.41) is 7.01. The molecule has 2 aliphatic rings. The number of carbonyl (C=O) groups excluding carboxylic acids is 1. The standard InChI is InChI=1S/C33H44N4O2/c1-6-26-13-14-27(39-26)21-36-18-16-28-31(24-10-8-7-9-11-24)35-30-15-12-25(20-29(30)32(28)36)33(38)34-17-19-37(22(2)3)23(4)5/h7-15,20,22-23,28,31-32,35H,6,16-19,21H2,1-5H3,(H,34,38). The summed E-state index contributed by atoms with van der Waals surface area (Å²) < 4.78 is 6.11. The number of anilines is 1. The zero-order valence-electron chi connectivity index (χ0n) is 24.1. The van der Waals surface area contributed by atoms with Gasteiger partial charge in [-0.25, -0.2) is 0 Å². The van der Waals surface area contributed by atoms with Gasteiger partial charge in [0.2, 0.25) is 0 Å². The van der Waals surface area contributed by atoms with Gasteiger partial charge in [0.15, 0.2) is 0 Å². The summed E-state index contributed by atoms with van der Waals surface area (Å²) in [4.78, 5) is 18.2. The summed E-state index contributed by atoms with van der Waals surface area (Å²) in [6, 6.07) is 22.5. The van der Waals surface area contributed by atoms with Crippen molar-refractivity contribution in [2.75, 3.05) is 25.0 Å². The number of aryl methyl sites for hydroxylation is 1. The monoisotopic (exact) mass is 528 g/mol. The molecule has 1 amide bonds. The van der Waals surface area contributed by atoms with E-state index in [2.05, 4.69) is 110 Å². The smallest absolute Gasteiger partial charge is 0.251 e. The zero-order valence-corrected chi connectivity index (χ0v) is 24.1. The number of rotatable bonds is 10. The van der Waals surface area contributed by atoms with Crippen LogP contribution in [0.4, 0.5) is 5.69 Å². The molecule has 3 heterocycles. The second-order valence-electron chi connectivity index (χ2n) is 11.6. The molecule has 0 saturated carbocycles. The maximum Gasteiger partial charge on any atom is 0.251 e. The van der Waals surface area contributed by atoms with E-state index in [0.29, 0.717) is 24.5 Å². The van der Waals surface area contributed by atoms with Crippen LogP contribution in [0.15, 0.2) is 65.1 Å². The third-order valence-corrected chi connectivity index (χ3v) is 8.49. The number of furan rings is 1. The van der Waals surface area contributed by atoms with Crippen molar-refractivity contribution in [3.63, 3.8) is 0 Å². The van der Waals surface area contributed by atoms with Crippen molar-refractivity contribution in [1.29, 1.82) is 0 Å². The maximum absolute atomic E-state index is 13.3. The Morgan fingerprint density at radius 3 is 2.49 bits per heavy atom. The van der Waals surface area contributed by atoms with E-state index in [9.17, 15) is 4.79 Å². The Labute approximate surface area is 233 Å². The molecule has 39 heavy (non-hydrogen) atoms. The van der Waals surface area contributed by atoms with Crippen molar-refractivity contribution in [3.8, 4) is 0 Å². The van der Waals surface area contributed by atoms with Gasteiger partial charge >= 0.3 is 0 Å². The number of hydrogen-bond donors (Lipinski definition) is 2. The molecule has 0 aliphatic carbocycles. The van der Waals surface area contributed by atoms with Gasteiger partial charge in [-0.05, 0) is 82.1 Å².